The largest absolute Gasteiger partial charge is 0.322 e. The van der Waals surface area contributed by atoms with Crippen LogP contribution in [0.1, 0.15) is 25.3 Å². The number of nitrogens with one attached hydrogen (secondary N) is 2. The molecule has 4 aromatic rings. The average molecular weight is 482 g/mol. The van der Waals surface area contributed by atoms with E-state index in [9.17, 15) is 9.59 Å². The van der Waals surface area contributed by atoms with Crippen LogP contribution in [0.25, 0.3) is 16.9 Å². The Balaban J connectivity index is 1.54. The predicted molar refractivity (Wildman–Crippen MR) is 144 cm³/mol. The van der Waals surface area contributed by atoms with Crippen molar-refractivity contribution in [2.24, 2.45) is 0 Å². The molecule has 36 heavy (non-hydrogen) atoms. The van der Waals surface area contributed by atoms with Gasteiger partial charge in [-0.1, -0.05) is 74.0 Å². The molecular formula is C29H31N5O2. The van der Waals surface area contributed by atoms with E-state index in [-0.39, 0.29) is 18.5 Å². The highest BCUT2D eigenvalue weighted by Gasteiger charge is 2.19. The van der Waals surface area contributed by atoms with Crippen molar-refractivity contribution in [2.45, 2.75) is 26.7 Å². The maximum Gasteiger partial charge on any atom is 0.322 e. The fourth-order valence-electron chi connectivity index (χ4n) is 3.87. The van der Waals surface area contributed by atoms with E-state index in [2.05, 4.69) is 17.6 Å². The second-order valence-corrected chi connectivity index (χ2v) is 8.65. The molecule has 2 N–H and O–H groups in total. The summed E-state index contributed by atoms with van der Waals surface area (Å²) in [5.41, 5.74) is 4.28. The Hall–Kier alpha value is -4.39. The molecule has 0 saturated heterocycles. The lowest BCUT2D eigenvalue weighted by atomic mass is 10.1. The Kier molecular flexibility index (Phi) is 8.13. The predicted octanol–water partition coefficient (Wildman–Crippen LogP) is 6.12. The van der Waals surface area contributed by atoms with Gasteiger partial charge < -0.3 is 15.5 Å². The maximum atomic E-state index is 13.2. The van der Waals surface area contributed by atoms with Crippen molar-refractivity contribution in [3.05, 3.63) is 96.6 Å². The van der Waals surface area contributed by atoms with Gasteiger partial charge in [-0.25, -0.2) is 9.48 Å². The second-order valence-electron chi connectivity index (χ2n) is 8.65. The van der Waals surface area contributed by atoms with Gasteiger partial charge in [-0.3, -0.25) is 4.79 Å². The number of carbonyl (C=O) groups excluding carboxylic acids is 2. The van der Waals surface area contributed by atoms with Gasteiger partial charge in [0, 0.05) is 23.9 Å². The van der Waals surface area contributed by atoms with Crippen LogP contribution < -0.4 is 10.6 Å². The molecule has 3 amide bonds. The Morgan fingerprint density at radius 2 is 1.61 bits per heavy atom. The molecule has 0 bridgehead atoms. The Bertz CT molecular complexity index is 1300. The molecule has 0 radical (unpaired) electrons. The minimum Gasteiger partial charge on any atom is -0.315 e. The summed E-state index contributed by atoms with van der Waals surface area (Å²) in [5.74, 6) is 0.252. The quantitative estimate of drug-likeness (QED) is 0.302. The molecule has 1 aromatic heterocycles. The fourth-order valence-corrected chi connectivity index (χ4v) is 3.87. The summed E-state index contributed by atoms with van der Waals surface area (Å²) in [6.07, 6.45) is 1.71. The molecule has 3 aromatic carbocycles. The zero-order valence-electron chi connectivity index (χ0n) is 20.6. The topological polar surface area (TPSA) is 79.3 Å². The Labute approximate surface area is 211 Å². The summed E-state index contributed by atoms with van der Waals surface area (Å²) < 4.78 is 1.71. The standard InChI is InChI=1S/C29H31N5O2/c1-3-4-18-33(29(36)30-24-15-11-12-22(2)19-24)21-28(35)31-27-20-26(23-13-7-5-8-14-23)32-34(27)25-16-9-6-10-17-25/h5-17,19-20H,3-4,18,21H2,1-2H3,(H,30,36)(H,31,35). The number of urea groups is 1. The minimum atomic E-state index is -0.300. The molecule has 0 fully saturated rings. The first-order valence-electron chi connectivity index (χ1n) is 12.2. The van der Waals surface area contributed by atoms with Gasteiger partial charge >= 0.3 is 6.03 Å². The van der Waals surface area contributed by atoms with Crippen LogP contribution in [0, 0.1) is 6.92 Å². The number of hydrogen-bond donors (Lipinski definition) is 2. The number of aryl methyl sites for hydroxylation is 1. The first-order chi connectivity index (χ1) is 17.5. The number of carbonyl (C=O) groups is 2. The third-order valence-corrected chi connectivity index (χ3v) is 5.72. The number of benzene rings is 3. The van der Waals surface area contributed by atoms with Gasteiger partial charge in [0.15, 0.2) is 0 Å². The maximum absolute atomic E-state index is 13.2. The summed E-state index contributed by atoms with van der Waals surface area (Å²) in [5, 5.41) is 10.6. The normalized spacial score (nSPS) is 10.6. The van der Waals surface area contributed by atoms with E-state index < -0.39 is 0 Å². The molecule has 0 aliphatic carbocycles. The first kappa shape index (κ1) is 24.7. The third-order valence-electron chi connectivity index (χ3n) is 5.72. The van der Waals surface area contributed by atoms with Gasteiger partial charge in [0.05, 0.1) is 11.4 Å². The number of amides is 3. The summed E-state index contributed by atoms with van der Waals surface area (Å²) in [7, 11) is 0. The molecule has 0 aliphatic rings. The molecule has 0 saturated carbocycles. The highest BCUT2D eigenvalue weighted by molar-refractivity contribution is 5.97. The smallest absolute Gasteiger partial charge is 0.315 e. The highest BCUT2D eigenvalue weighted by Crippen LogP contribution is 2.24. The Morgan fingerprint density at radius 3 is 2.31 bits per heavy atom. The van der Waals surface area contributed by atoms with Crippen LogP contribution in [0.4, 0.5) is 16.3 Å². The van der Waals surface area contributed by atoms with E-state index >= 15 is 0 Å². The third kappa shape index (κ3) is 6.39. The summed E-state index contributed by atoms with van der Waals surface area (Å²) in [6, 6.07) is 28.6. The SMILES string of the molecule is CCCCN(CC(=O)Nc1cc(-c2ccccc2)nn1-c1ccccc1)C(=O)Nc1cccc(C)c1. The molecule has 184 valence electrons. The zero-order valence-corrected chi connectivity index (χ0v) is 20.6. The van der Waals surface area contributed by atoms with E-state index in [1.165, 1.54) is 0 Å². The van der Waals surface area contributed by atoms with Gasteiger partial charge in [-0.15, -0.1) is 0 Å². The lowest BCUT2D eigenvalue weighted by Gasteiger charge is -2.22. The van der Waals surface area contributed by atoms with E-state index in [0.717, 1.165) is 35.3 Å². The summed E-state index contributed by atoms with van der Waals surface area (Å²) in [6.45, 7) is 4.44. The second kappa shape index (κ2) is 11.8. The van der Waals surface area contributed by atoms with Gasteiger partial charge in [0.25, 0.3) is 0 Å². The number of anilines is 2. The number of rotatable bonds is 9. The number of nitrogens with zero attached hydrogens (tertiary/aromatic N) is 3. The van der Waals surface area contributed by atoms with Crippen molar-refractivity contribution in [1.82, 2.24) is 14.7 Å². The van der Waals surface area contributed by atoms with E-state index in [1.54, 1.807) is 9.58 Å². The molecule has 0 atom stereocenters. The number of para-hydroxylation sites is 1. The monoisotopic (exact) mass is 481 g/mol. The van der Waals surface area contributed by atoms with Crippen molar-refractivity contribution in [1.29, 1.82) is 0 Å². The van der Waals surface area contributed by atoms with Crippen LogP contribution in [0.2, 0.25) is 0 Å². The molecular weight excluding hydrogens is 450 g/mol. The number of hydrogen-bond acceptors (Lipinski definition) is 3. The minimum absolute atomic E-state index is 0.0711. The van der Waals surface area contributed by atoms with Crippen LogP contribution >= 0.6 is 0 Å². The first-order valence-corrected chi connectivity index (χ1v) is 12.2. The van der Waals surface area contributed by atoms with Crippen LogP contribution in [0.5, 0.6) is 0 Å². The van der Waals surface area contributed by atoms with E-state index in [4.69, 9.17) is 5.10 Å². The fraction of sp³-hybridized carbons (Fsp3) is 0.207. The van der Waals surface area contributed by atoms with Crippen molar-refractivity contribution in [3.63, 3.8) is 0 Å². The van der Waals surface area contributed by atoms with E-state index in [1.807, 2.05) is 97.9 Å². The van der Waals surface area contributed by atoms with E-state index in [0.29, 0.717) is 18.1 Å². The van der Waals surface area contributed by atoms with Gasteiger partial charge in [-0.05, 0) is 43.2 Å². The van der Waals surface area contributed by atoms with Crippen LogP contribution in [-0.2, 0) is 4.79 Å². The van der Waals surface area contributed by atoms with Gasteiger partial charge in [0.1, 0.15) is 12.4 Å². The molecule has 4 rings (SSSR count). The lowest BCUT2D eigenvalue weighted by molar-refractivity contribution is -0.116. The van der Waals surface area contributed by atoms with Crippen molar-refractivity contribution < 1.29 is 9.59 Å². The average Bonchev–Trinajstić information content (AvgIpc) is 3.31. The molecule has 7 nitrogen and oxygen atoms in total. The molecule has 7 heteroatoms. The molecule has 0 aliphatic heterocycles. The number of aromatic nitrogens is 2. The van der Waals surface area contributed by atoms with Gasteiger partial charge in [0.2, 0.25) is 5.91 Å². The van der Waals surface area contributed by atoms with Crippen LogP contribution in [-0.4, -0.2) is 39.7 Å². The molecule has 0 spiro atoms. The van der Waals surface area contributed by atoms with Crippen molar-refractivity contribution in [2.75, 3.05) is 23.7 Å². The zero-order chi connectivity index (χ0) is 25.3. The Morgan fingerprint density at radius 1 is 0.889 bits per heavy atom. The van der Waals surface area contributed by atoms with Gasteiger partial charge in [-0.2, -0.15) is 5.10 Å². The summed E-state index contributed by atoms with van der Waals surface area (Å²) >= 11 is 0. The van der Waals surface area contributed by atoms with Crippen LogP contribution in [0.15, 0.2) is 91.0 Å². The van der Waals surface area contributed by atoms with Crippen molar-refractivity contribution in [3.8, 4) is 16.9 Å². The summed E-state index contributed by atoms with van der Waals surface area (Å²) in [4.78, 5) is 27.7. The number of unbranched alkanes of at least 4 members (excludes halogenated alkanes) is 1. The molecule has 0 unspecified atom stereocenters. The highest BCUT2D eigenvalue weighted by atomic mass is 16.2. The lowest BCUT2D eigenvalue weighted by Crippen LogP contribution is -2.41. The van der Waals surface area contributed by atoms with Crippen LogP contribution in [0.3, 0.4) is 0 Å². The molecule has 1 heterocycles. The van der Waals surface area contributed by atoms with Crippen molar-refractivity contribution >= 4 is 23.4 Å².